The topological polar surface area (TPSA) is 38.9 Å². The number of rotatable bonds is 4. The minimum absolute atomic E-state index is 0.477. The number of thiazole rings is 1. The van der Waals surface area contributed by atoms with Crippen LogP contribution in [0, 0.1) is 0 Å². The van der Waals surface area contributed by atoms with E-state index < -0.39 is 0 Å². The molecule has 1 aromatic rings. The second-order valence-electron chi connectivity index (χ2n) is 4.43. The Labute approximate surface area is 95.9 Å². The Morgan fingerprint density at radius 2 is 2.27 bits per heavy atom. The quantitative estimate of drug-likeness (QED) is 0.852. The Hall–Kier alpha value is -0.410. The molecule has 2 N–H and O–H groups in total. The highest BCUT2D eigenvalue weighted by molar-refractivity contribution is 7.09. The van der Waals surface area contributed by atoms with Crippen LogP contribution in [0.25, 0.3) is 0 Å². The molecule has 0 radical (unpaired) electrons. The van der Waals surface area contributed by atoms with Gasteiger partial charge in [0.1, 0.15) is 0 Å². The van der Waals surface area contributed by atoms with Gasteiger partial charge in [0.2, 0.25) is 0 Å². The van der Waals surface area contributed by atoms with Gasteiger partial charge in [-0.15, -0.1) is 11.3 Å². The van der Waals surface area contributed by atoms with Gasteiger partial charge in [-0.1, -0.05) is 19.8 Å². The van der Waals surface area contributed by atoms with Crippen LogP contribution in [0.4, 0.5) is 0 Å². The summed E-state index contributed by atoms with van der Waals surface area (Å²) in [6, 6.07) is 0. The van der Waals surface area contributed by atoms with Crippen molar-refractivity contribution in [3.63, 3.8) is 0 Å². The minimum atomic E-state index is 0.477. The molecular weight excluding hydrogens is 204 g/mol. The van der Waals surface area contributed by atoms with Gasteiger partial charge in [0.05, 0.1) is 10.7 Å². The number of nitrogens with two attached hydrogens (primary N) is 1. The molecule has 15 heavy (non-hydrogen) atoms. The summed E-state index contributed by atoms with van der Waals surface area (Å²) in [6.45, 7) is 2.92. The minimum Gasteiger partial charge on any atom is -0.330 e. The molecule has 2 rings (SSSR count). The molecule has 0 aliphatic heterocycles. The lowest BCUT2D eigenvalue weighted by Gasteiger charge is -2.08. The Morgan fingerprint density at radius 3 is 2.87 bits per heavy atom. The third kappa shape index (κ3) is 2.40. The molecule has 1 atom stereocenters. The highest BCUT2D eigenvalue weighted by Crippen LogP contribution is 2.35. The maximum Gasteiger partial charge on any atom is 0.0971 e. The highest BCUT2D eigenvalue weighted by Gasteiger charge is 2.21. The molecule has 1 aromatic heterocycles. The summed E-state index contributed by atoms with van der Waals surface area (Å²) in [6.07, 6.45) is 6.54. The zero-order valence-electron chi connectivity index (χ0n) is 9.41. The van der Waals surface area contributed by atoms with Gasteiger partial charge in [0.15, 0.2) is 0 Å². The molecule has 84 valence electrons. The van der Waals surface area contributed by atoms with Crippen LogP contribution in [0.5, 0.6) is 0 Å². The normalized spacial score (nSPS) is 19.6. The SMILES string of the molecule is CCC(CN)c1nc(C2CCCC2)cs1. The average molecular weight is 224 g/mol. The number of aromatic nitrogens is 1. The Balaban J connectivity index is 2.08. The maximum atomic E-state index is 5.74. The second-order valence-corrected chi connectivity index (χ2v) is 5.32. The third-order valence-corrected chi connectivity index (χ3v) is 4.47. The fourth-order valence-corrected chi connectivity index (χ4v) is 3.44. The molecule has 2 nitrogen and oxygen atoms in total. The van der Waals surface area contributed by atoms with E-state index in [2.05, 4.69) is 12.3 Å². The molecule has 1 fully saturated rings. The van der Waals surface area contributed by atoms with Gasteiger partial charge in [-0.25, -0.2) is 4.98 Å². The zero-order valence-corrected chi connectivity index (χ0v) is 10.2. The van der Waals surface area contributed by atoms with Crippen LogP contribution in [0.3, 0.4) is 0 Å². The van der Waals surface area contributed by atoms with Crippen molar-refractivity contribution in [2.75, 3.05) is 6.54 Å². The standard InChI is InChI=1S/C12H20N2S/c1-2-9(7-13)12-14-11(8-15-12)10-5-3-4-6-10/h8-10H,2-7,13H2,1H3. The number of hydrogen-bond acceptors (Lipinski definition) is 3. The van der Waals surface area contributed by atoms with E-state index in [4.69, 9.17) is 10.7 Å². The van der Waals surface area contributed by atoms with Crippen molar-refractivity contribution in [1.29, 1.82) is 0 Å². The summed E-state index contributed by atoms with van der Waals surface area (Å²) in [7, 11) is 0. The van der Waals surface area contributed by atoms with Gasteiger partial charge in [-0.3, -0.25) is 0 Å². The molecule has 0 saturated heterocycles. The molecule has 0 spiro atoms. The summed E-state index contributed by atoms with van der Waals surface area (Å²) < 4.78 is 0. The Bertz CT molecular complexity index is 282. The lowest BCUT2D eigenvalue weighted by atomic mass is 10.1. The maximum absolute atomic E-state index is 5.74. The first-order valence-corrected chi connectivity index (χ1v) is 6.88. The van der Waals surface area contributed by atoms with Crippen molar-refractivity contribution in [2.24, 2.45) is 5.73 Å². The lowest BCUT2D eigenvalue weighted by Crippen LogP contribution is -2.11. The molecule has 1 heterocycles. The van der Waals surface area contributed by atoms with Gasteiger partial charge in [-0.2, -0.15) is 0 Å². The lowest BCUT2D eigenvalue weighted by molar-refractivity contribution is 0.651. The van der Waals surface area contributed by atoms with Crippen molar-refractivity contribution < 1.29 is 0 Å². The first kappa shape index (κ1) is 11.1. The fourth-order valence-electron chi connectivity index (χ4n) is 2.34. The van der Waals surface area contributed by atoms with E-state index in [0.717, 1.165) is 18.9 Å². The summed E-state index contributed by atoms with van der Waals surface area (Å²) in [5.74, 6) is 1.22. The summed E-state index contributed by atoms with van der Waals surface area (Å²) in [5, 5.41) is 3.51. The van der Waals surface area contributed by atoms with Crippen LogP contribution in [0.15, 0.2) is 5.38 Å². The van der Waals surface area contributed by atoms with Crippen LogP contribution in [-0.4, -0.2) is 11.5 Å². The predicted molar refractivity (Wildman–Crippen MR) is 65.4 cm³/mol. The molecule has 0 bridgehead atoms. The van der Waals surface area contributed by atoms with E-state index in [1.165, 1.54) is 36.4 Å². The van der Waals surface area contributed by atoms with E-state index in [9.17, 15) is 0 Å². The number of nitrogens with zero attached hydrogens (tertiary/aromatic N) is 1. The second kappa shape index (κ2) is 5.08. The van der Waals surface area contributed by atoms with E-state index in [1.54, 1.807) is 11.3 Å². The first-order chi connectivity index (χ1) is 7.35. The molecule has 1 aliphatic carbocycles. The molecule has 0 amide bonds. The first-order valence-electron chi connectivity index (χ1n) is 6.00. The fraction of sp³-hybridized carbons (Fsp3) is 0.750. The predicted octanol–water partition coefficient (Wildman–Crippen LogP) is 3.25. The molecular formula is C12H20N2S. The van der Waals surface area contributed by atoms with Gasteiger partial charge < -0.3 is 5.73 Å². The van der Waals surface area contributed by atoms with Crippen LogP contribution >= 0.6 is 11.3 Å². The Morgan fingerprint density at radius 1 is 1.53 bits per heavy atom. The van der Waals surface area contributed by atoms with Gasteiger partial charge in [0, 0.05) is 23.8 Å². The molecule has 1 saturated carbocycles. The summed E-state index contributed by atoms with van der Waals surface area (Å²) in [4.78, 5) is 4.77. The monoisotopic (exact) mass is 224 g/mol. The van der Waals surface area contributed by atoms with E-state index in [0.29, 0.717) is 5.92 Å². The molecule has 1 unspecified atom stereocenters. The van der Waals surface area contributed by atoms with Crippen LogP contribution in [-0.2, 0) is 0 Å². The van der Waals surface area contributed by atoms with E-state index in [1.807, 2.05) is 0 Å². The third-order valence-electron chi connectivity index (χ3n) is 3.44. The molecule has 0 aromatic carbocycles. The van der Waals surface area contributed by atoms with Crippen LogP contribution < -0.4 is 5.73 Å². The van der Waals surface area contributed by atoms with Crippen LogP contribution in [0.2, 0.25) is 0 Å². The van der Waals surface area contributed by atoms with Crippen molar-refractivity contribution in [3.8, 4) is 0 Å². The Kier molecular flexibility index (Phi) is 3.76. The van der Waals surface area contributed by atoms with Crippen molar-refractivity contribution in [3.05, 3.63) is 16.1 Å². The summed E-state index contributed by atoms with van der Waals surface area (Å²) in [5.41, 5.74) is 7.08. The van der Waals surface area contributed by atoms with Crippen molar-refractivity contribution in [1.82, 2.24) is 4.98 Å². The van der Waals surface area contributed by atoms with Gasteiger partial charge in [0.25, 0.3) is 0 Å². The van der Waals surface area contributed by atoms with Gasteiger partial charge in [-0.05, 0) is 19.3 Å². The smallest absolute Gasteiger partial charge is 0.0971 e. The van der Waals surface area contributed by atoms with Crippen molar-refractivity contribution in [2.45, 2.75) is 50.9 Å². The zero-order chi connectivity index (χ0) is 10.7. The van der Waals surface area contributed by atoms with E-state index >= 15 is 0 Å². The highest BCUT2D eigenvalue weighted by atomic mass is 32.1. The van der Waals surface area contributed by atoms with Crippen molar-refractivity contribution >= 4 is 11.3 Å². The van der Waals surface area contributed by atoms with Crippen LogP contribution in [0.1, 0.15) is 61.6 Å². The largest absolute Gasteiger partial charge is 0.330 e. The van der Waals surface area contributed by atoms with E-state index in [-0.39, 0.29) is 0 Å². The molecule has 1 aliphatic rings. The van der Waals surface area contributed by atoms with Gasteiger partial charge >= 0.3 is 0 Å². The molecule has 3 heteroatoms. The average Bonchev–Trinajstić information content (AvgIpc) is 2.89. The number of hydrogen-bond donors (Lipinski definition) is 1. The summed E-state index contributed by atoms with van der Waals surface area (Å²) >= 11 is 1.80.